The third-order valence-electron chi connectivity index (χ3n) is 4.01. The topological polar surface area (TPSA) is 46.2 Å². The Balaban J connectivity index is 2.50. The average molecular weight is 376 g/mol. The largest absolute Gasteiger partial charge is 0.352 e. The van der Waals surface area contributed by atoms with Crippen LogP contribution in [0.25, 0.3) is 0 Å². The summed E-state index contributed by atoms with van der Waals surface area (Å²) < 4.78 is 0. The van der Waals surface area contributed by atoms with Crippen molar-refractivity contribution in [2.24, 2.45) is 5.92 Å². The number of carbonyl (C=O) groups is 2. The van der Waals surface area contributed by atoms with Crippen molar-refractivity contribution in [1.29, 1.82) is 0 Å². The van der Waals surface area contributed by atoms with E-state index in [2.05, 4.69) is 11.9 Å². The van der Waals surface area contributed by atoms with Gasteiger partial charge in [0, 0.05) is 28.4 Å². The molecule has 0 bridgehead atoms. The van der Waals surface area contributed by atoms with Crippen LogP contribution >= 0.6 is 23.2 Å². The summed E-state index contributed by atoms with van der Waals surface area (Å²) >= 11 is 12.3. The third kappa shape index (κ3) is 5.18. The molecule has 0 fully saturated rings. The molecule has 0 heterocycles. The van der Waals surface area contributed by atoms with Gasteiger partial charge in [0.2, 0.25) is 5.91 Å². The number of benzene rings is 2. The lowest BCUT2D eigenvalue weighted by Gasteiger charge is -2.27. The lowest BCUT2D eigenvalue weighted by atomic mass is 9.78. The van der Waals surface area contributed by atoms with Crippen LogP contribution in [-0.4, -0.2) is 18.2 Å². The molecule has 0 saturated carbocycles. The van der Waals surface area contributed by atoms with Gasteiger partial charge in [0.1, 0.15) is 5.78 Å². The predicted octanol–water partition coefficient (Wildman–Crippen LogP) is 4.63. The van der Waals surface area contributed by atoms with E-state index >= 15 is 0 Å². The molecule has 2 rings (SSSR count). The molecule has 0 saturated heterocycles. The summed E-state index contributed by atoms with van der Waals surface area (Å²) in [6.45, 7) is 5.15. The zero-order valence-electron chi connectivity index (χ0n) is 13.8. The Morgan fingerprint density at radius 3 is 2.20 bits per heavy atom. The van der Waals surface area contributed by atoms with Crippen molar-refractivity contribution in [3.63, 3.8) is 0 Å². The molecule has 5 heteroatoms. The molecular weight excluding hydrogens is 357 g/mol. The molecule has 0 aliphatic rings. The molecule has 2 atom stereocenters. The van der Waals surface area contributed by atoms with Crippen LogP contribution in [0.4, 0.5) is 0 Å². The number of amides is 1. The van der Waals surface area contributed by atoms with Crippen LogP contribution < -0.4 is 5.32 Å². The van der Waals surface area contributed by atoms with Crippen LogP contribution in [-0.2, 0) is 9.59 Å². The average Bonchev–Trinajstić information content (AvgIpc) is 2.57. The van der Waals surface area contributed by atoms with Gasteiger partial charge < -0.3 is 5.32 Å². The molecule has 0 aliphatic carbocycles. The highest BCUT2D eigenvalue weighted by Crippen LogP contribution is 2.35. The minimum Gasteiger partial charge on any atom is -0.352 e. The number of rotatable bonds is 7. The van der Waals surface area contributed by atoms with Crippen molar-refractivity contribution >= 4 is 34.9 Å². The van der Waals surface area contributed by atoms with Gasteiger partial charge in [-0.3, -0.25) is 9.59 Å². The first-order chi connectivity index (χ1) is 11.9. The molecule has 0 radical (unpaired) electrons. The molecule has 0 spiro atoms. The Bertz CT molecular complexity index is 754. The summed E-state index contributed by atoms with van der Waals surface area (Å²) in [5, 5.41) is 3.72. The molecule has 0 aliphatic heterocycles. The SMILES string of the molecule is C=CC(=O)NCC(C(C)=O)C(c1ccccc1)c1cc(Cl)cc(Cl)c1. The zero-order chi connectivity index (χ0) is 18.4. The molecular formula is C20H19Cl2NO2. The number of carbonyl (C=O) groups excluding carboxylic acids is 2. The molecule has 130 valence electrons. The Morgan fingerprint density at radius 2 is 1.68 bits per heavy atom. The van der Waals surface area contributed by atoms with E-state index < -0.39 is 5.92 Å². The van der Waals surface area contributed by atoms with Gasteiger partial charge in [-0.1, -0.05) is 60.1 Å². The number of hydrogen-bond donors (Lipinski definition) is 1. The minimum atomic E-state index is -0.458. The van der Waals surface area contributed by atoms with E-state index in [0.29, 0.717) is 10.0 Å². The summed E-state index contributed by atoms with van der Waals surface area (Å²) in [6, 6.07) is 14.9. The predicted molar refractivity (Wildman–Crippen MR) is 102 cm³/mol. The fraction of sp³-hybridized carbons (Fsp3) is 0.200. The van der Waals surface area contributed by atoms with Gasteiger partial charge in [0.05, 0.1) is 0 Å². The second kappa shape index (κ2) is 8.84. The maximum absolute atomic E-state index is 12.4. The van der Waals surface area contributed by atoms with Crippen LogP contribution in [0.2, 0.25) is 10.0 Å². The van der Waals surface area contributed by atoms with Crippen LogP contribution in [0.3, 0.4) is 0 Å². The lowest BCUT2D eigenvalue weighted by Crippen LogP contribution is -2.35. The van der Waals surface area contributed by atoms with Crippen LogP contribution in [0, 0.1) is 5.92 Å². The smallest absolute Gasteiger partial charge is 0.243 e. The fourth-order valence-corrected chi connectivity index (χ4v) is 3.39. The van der Waals surface area contributed by atoms with Crippen molar-refractivity contribution in [2.45, 2.75) is 12.8 Å². The van der Waals surface area contributed by atoms with Crippen molar-refractivity contribution in [2.75, 3.05) is 6.54 Å². The Kier molecular flexibility index (Phi) is 6.80. The van der Waals surface area contributed by atoms with Gasteiger partial charge in [-0.05, 0) is 42.3 Å². The lowest BCUT2D eigenvalue weighted by molar-refractivity contribution is -0.121. The first kappa shape index (κ1) is 19.2. The van der Waals surface area contributed by atoms with E-state index in [-0.39, 0.29) is 24.2 Å². The molecule has 0 aromatic heterocycles. The van der Waals surface area contributed by atoms with E-state index in [1.807, 2.05) is 30.3 Å². The molecule has 25 heavy (non-hydrogen) atoms. The molecule has 2 aromatic rings. The summed E-state index contributed by atoms with van der Waals surface area (Å²) in [5.41, 5.74) is 1.78. The Hall–Kier alpha value is -2.10. The highest BCUT2D eigenvalue weighted by atomic mass is 35.5. The molecule has 1 N–H and O–H groups in total. The highest BCUT2D eigenvalue weighted by Gasteiger charge is 2.29. The van der Waals surface area contributed by atoms with Crippen molar-refractivity contribution in [1.82, 2.24) is 5.32 Å². The van der Waals surface area contributed by atoms with Gasteiger partial charge >= 0.3 is 0 Å². The maximum atomic E-state index is 12.4. The molecule has 2 aromatic carbocycles. The number of halogens is 2. The molecule has 1 amide bonds. The fourth-order valence-electron chi connectivity index (χ4n) is 2.85. The van der Waals surface area contributed by atoms with Crippen LogP contribution in [0.15, 0.2) is 61.2 Å². The monoisotopic (exact) mass is 375 g/mol. The van der Waals surface area contributed by atoms with E-state index in [1.54, 1.807) is 18.2 Å². The van der Waals surface area contributed by atoms with Gasteiger partial charge in [0.15, 0.2) is 0 Å². The first-order valence-electron chi connectivity index (χ1n) is 7.84. The number of nitrogens with one attached hydrogen (secondary N) is 1. The quantitative estimate of drug-likeness (QED) is 0.716. The van der Waals surface area contributed by atoms with E-state index in [1.165, 1.54) is 13.0 Å². The second-order valence-corrected chi connectivity index (χ2v) is 6.63. The van der Waals surface area contributed by atoms with Crippen molar-refractivity contribution in [3.05, 3.63) is 82.4 Å². The van der Waals surface area contributed by atoms with Crippen LogP contribution in [0.1, 0.15) is 24.0 Å². The van der Waals surface area contributed by atoms with E-state index in [4.69, 9.17) is 23.2 Å². The zero-order valence-corrected chi connectivity index (χ0v) is 15.3. The minimum absolute atomic E-state index is 0.0330. The molecule has 2 unspecified atom stereocenters. The van der Waals surface area contributed by atoms with Crippen molar-refractivity contribution < 1.29 is 9.59 Å². The first-order valence-corrected chi connectivity index (χ1v) is 8.59. The highest BCUT2D eigenvalue weighted by molar-refractivity contribution is 6.34. The molecule has 3 nitrogen and oxygen atoms in total. The third-order valence-corrected chi connectivity index (χ3v) is 4.45. The van der Waals surface area contributed by atoms with Gasteiger partial charge in [-0.15, -0.1) is 0 Å². The number of Topliss-reactive ketones (excluding diaryl/α,β-unsaturated/α-hetero) is 1. The Labute approximate surface area is 157 Å². The number of hydrogen-bond acceptors (Lipinski definition) is 2. The second-order valence-electron chi connectivity index (χ2n) is 5.76. The standard InChI is InChI=1S/C20H19Cl2NO2/c1-3-19(25)23-12-18(13(2)24)20(14-7-5-4-6-8-14)15-9-16(21)11-17(22)10-15/h3-11,18,20H,1,12H2,2H3,(H,23,25). The van der Waals surface area contributed by atoms with Gasteiger partial charge in [0.25, 0.3) is 0 Å². The normalized spacial score (nSPS) is 12.9. The van der Waals surface area contributed by atoms with Crippen molar-refractivity contribution in [3.8, 4) is 0 Å². The maximum Gasteiger partial charge on any atom is 0.243 e. The number of ketones is 1. The summed E-state index contributed by atoms with van der Waals surface area (Å²) in [7, 11) is 0. The summed E-state index contributed by atoms with van der Waals surface area (Å²) in [5.74, 6) is -1.09. The van der Waals surface area contributed by atoms with E-state index in [0.717, 1.165) is 11.1 Å². The summed E-state index contributed by atoms with van der Waals surface area (Å²) in [6.07, 6.45) is 1.19. The van der Waals surface area contributed by atoms with E-state index in [9.17, 15) is 9.59 Å². The van der Waals surface area contributed by atoms with Gasteiger partial charge in [-0.25, -0.2) is 0 Å². The van der Waals surface area contributed by atoms with Crippen LogP contribution in [0.5, 0.6) is 0 Å². The van der Waals surface area contributed by atoms with Gasteiger partial charge in [-0.2, -0.15) is 0 Å². The summed E-state index contributed by atoms with van der Waals surface area (Å²) in [4.78, 5) is 23.9. The Morgan fingerprint density at radius 1 is 1.08 bits per heavy atom.